The van der Waals surface area contributed by atoms with Gasteiger partial charge in [-0.15, -0.1) is 0 Å². The average molecular weight is 605 g/mol. The van der Waals surface area contributed by atoms with Gasteiger partial charge in [0.05, 0.1) is 0 Å². The molecule has 47 heavy (non-hydrogen) atoms. The molecule has 0 unspecified atom stereocenters. The topological polar surface area (TPSA) is 18.5 Å². The zero-order valence-corrected chi connectivity index (χ0v) is 25.9. The summed E-state index contributed by atoms with van der Waals surface area (Å²) in [6.45, 7) is 0. The first kappa shape index (κ1) is 26.6. The Morgan fingerprint density at radius 3 is 0.894 bits per heavy atom. The molecule has 10 rings (SSSR count). The zero-order valence-electron chi connectivity index (χ0n) is 25.9. The number of fused-ring (bicyclic) bond motifs is 12. The highest BCUT2D eigenvalue weighted by atomic mass is 16.5. The van der Waals surface area contributed by atoms with Crippen molar-refractivity contribution < 1.29 is 9.47 Å². The Morgan fingerprint density at radius 2 is 0.596 bits per heavy atom. The highest BCUT2D eigenvalue weighted by molar-refractivity contribution is 5.95. The number of benzene rings is 8. The van der Waals surface area contributed by atoms with E-state index in [0.717, 1.165) is 42.3 Å². The number of rotatable bonds is 4. The fourth-order valence-corrected chi connectivity index (χ4v) is 8.53. The predicted molar refractivity (Wildman–Crippen MR) is 193 cm³/mol. The minimum Gasteiger partial charge on any atom is -0.457 e. The Morgan fingerprint density at radius 1 is 0.319 bits per heavy atom. The third-order valence-corrected chi connectivity index (χ3v) is 10.5. The van der Waals surface area contributed by atoms with Crippen molar-refractivity contribution in [2.75, 3.05) is 0 Å². The van der Waals surface area contributed by atoms with Crippen LogP contribution in [0, 0.1) is 0 Å². The largest absolute Gasteiger partial charge is 0.457 e. The monoisotopic (exact) mass is 604 g/mol. The molecule has 0 saturated carbocycles. The summed E-state index contributed by atoms with van der Waals surface area (Å²) in [7, 11) is 0. The molecular formula is C45H32O2. The van der Waals surface area contributed by atoms with Crippen molar-refractivity contribution in [3.8, 4) is 23.0 Å². The Balaban J connectivity index is 1.12. The van der Waals surface area contributed by atoms with Crippen LogP contribution in [0.3, 0.4) is 0 Å². The summed E-state index contributed by atoms with van der Waals surface area (Å²) in [5.74, 6) is 4.35. The van der Waals surface area contributed by atoms with Gasteiger partial charge in [0, 0.05) is 34.1 Å². The lowest BCUT2D eigenvalue weighted by Gasteiger charge is -2.33. The third-order valence-electron chi connectivity index (χ3n) is 10.5. The van der Waals surface area contributed by atoms with Crippen molar-refractivity contribution >= 4 is 43.1 Å². The SMILES string of the molecule is c1ccc2c3c(ccc2c1)Oc1ccc2ccccc2c1C3CCCC1c2c(ccc3ccccc23)Oc2ccc3ccccc3c21. The second kappa shape index (κ2) is 10.5. The van der Waals surface area contributed by atoms with Gasteiger partial charge in [-0.25, -0.2) is 0 Å². The molecule has 0 saturated heterocycles. The maximum atomic E-state index is 6.69. The molecule has 0 bridgehead atoms. The van der Waals surface area contributed by atoms with Crippen LogP contribution in [0.5, 0.6) is 23.0 Å². The lowest BCUT2D eigenvalue weighted by Crippen LogP contribution is -2.14. The second-order valence-electron chi connectivity index (χ2n) is 13.0. The van der Waals surface area contributed by atoms with Crippen molar-refractivity contribution in [1.82, 2.24) is 0 Å². The van der Waals surface area contributed by atoms with Gasteiger partial charge in [-0.1, -0.05) is 128 Å². The maximum absolute atomic E-state index is 6.69. The van der Waals surface area contributed by atoms with E-state index in [4.69, 9.17) is 9.47 Å². The quantitative estimate of drug-likeness (QED) is 0.199. The third kappa shape index (κ3) is 4.11. The van der Waals surface area contributed by atoms with Crippen LogP contribution in [0.2, 0.25) is 0 Å². The molecule has 0 N–H and O–H groups in total. The van der Waals surface area contributed by atoms with Crippen LogP contribution in [-0.4, -0.2) is 0 Å². The van der Waals surface area contributed by atoms with Crippen LogP contribution < -0.4 is 9.47 Å². The van der Waals surface area contributed by atoms with Crippen LogP contribution in [0.4, 0.5) is 0 Å². The van der Waals surface area contributed by atoms with Gasteiger partial charge in [0.1, 0.15) is 23.0 Å². The van der Waals surface area contributed by atoms with Crippen LogP contribution >= 0.6 is 0 Å². The van der Waals surface area contributed by atoms with Gasteiger partial charge < -0.3 is 9.47 Å². The minimum atomic E-state index is 0.213. The normalized spacial score (nSPS) is 14.0. The van der Waals surface area contributed by atoms with Crippen molar-refractivity contribution in [2.45, 2.75) is 31.1 Å². The molecule has 224 valence electrons. The van der Waals surface area contributed by atoms with Crippen LogP contribution in [0.25, 0.3) is 43.1 Å². The molecule has 0 fully saturated rings. The lowest BCUT2D eigenvalue weighted by atomic mass is 9.76. The number of hydrogen-bond acceptors (Lipinski definition) is 2. The summed E-state index contributed by atoms with van der Waals surface area (Å²) in [6.07, 6.45) is 3.08. The Bertz CT molecular complexity index is 2180. The smallest absolute Gasteiger partial charge is 0.131 e. The summed E-state index contributed by atoms with van der Waals surface area (Å²) in [5, 5.41) is 10.2. The fraction of sp³-hybridized carbons (Fsp3) is 0.111. The van der Waals surface area contributed by atoms with E-state index in [9.17, 15) is 0 Å². The van der Waals surface area contributed by atoms with E-state index < -0.39 is 0 Å². The Kier molecular flexibility index (Phi) is 5.93. The van der Waals surface area contributed by atoms with Crippen LogP contribution in [0.15, 0.2) is 146 Å². The summed E-state index contributed by atoms with van der Waals surface area (Å²) in [5.41, 5.74) is 5.26. The molecule has 0 radical (unpaired) electrons. The lowest BCUT2D eigenvalue weighted by molar-refractivity contribution is 0.430. The molecule has 2 heteroatoms. The van der Waals surface area contributed by atoms with Gasteiger partial charge in [0.15, 0.2) is 0 Å². The van der Waals surface area contributed by atoms with Gasteiger partial charge >= 0.3 is 0 Å². The molecule has 2 aliphatic rings. The van der Waals surface area contributed by atoms with E-state index in [1.165, 1.54) is 65.3 Å². The van der Waals surface area contributed by atoms with Crippen LogP contribution in [-0.2, 0) is 0 Å². The molecule has 8 aromatic carbocycles. The minimum absolute atomic E-state index is 0.213. The molecular weight excluding hydrogens is 572 g/mol. The van der Waals surface area contributed by atoms with E-state index in [1.54, 1.807) is 0 Å². The molecule has 8 aromatic rings. The number of ether oxygens (including phenoxy) is 2. The van der Waals surface area contributed by atoms with E-state index >= 15 is 0 Å². The first-order valence-corrected chi connectivity index (χ1v) is 16.7. The van der Waals surface area contributed by atoms with Crippen LogP contribution in [0.1, 0.15) is 53.4 Å². The van der Waals surface area contributed by atoms with Gasteiger partial charge in [0.2, 0.25) is 0 Å². The Labute approximate surface area is 273 Å². The average Bonchev–Trinajstić information content (AvgIpc) is 3.13. The van der Waals surface area contributed by atoms with Gasteiger partial charge in [0.25, 0.3) is 0 Å². The van der Waals surface area contributed by atoms with Gasteiger partial charge in [-0.2, -0.15) is 0 Å². The highest BCUT2D eigenvalue weighted by Gasteiger charge is 2.33. The summed E-state index contributed by atoms with van der Waals surface area (Å²) in [6, 6.07) is 52.6. The molecule has 0 amide bonds. The maximum Gasteiger partial charge on any atom is 0.131 e. The fourth-order valence-electron chi connectivity index (χ4n) is 8.53. The molecule has 0 atom stereocenters. The van der Waals surface area contributed by atoms with Gasteiger partial charge in [-0.3, -0.25) is 0 Å². The zero-order chi connectivity index (χ0) is 30.9. The van der Waals surface area contributed by atoms with E-state index in [0.29, 0.717) is 0 Å². The Hall–Kier alpha value is -5.60. The van der Waals surface area contributed by atoms with E-state index in [2.05, 4.69) is 146 Å². The standard InChI is InChI=1S/C45H32O2/c1-5-14-32-28(10-1)20-24-38-42(32)36(43-33-15-6-2-11-29(33)21-25-39(43)46-38)18-9-19-37-44-34-16-7-3-12-30(34)22-26-40(44)47-41-27-23-31-13-4-8-17-35(31)45(37)41/h1-8,10-17,20-27,36-37H,9,18-19H2. The first-order valence-electron chi connectivity index (χ1n) is 16.7. The molecule has 0 aliphatic carbocycles. The van der Waals surface area contributed by atoms with Crippen molar-refractivity contribution in [2.24, 2.45) is 0 Å². The summed E-state index contributed by atoms with van der Waals surface area (Å²) >= 11 is 0. The molecule has 2 aliphatic heterocycles. The summed E-state index contributed by atoms with van der Waals surface area (Å²) < 4.78 is 13.4. The molecule has 2 heterocycles. The van der Waals surface area contributed by atoms with Crippen molar-refractivity contribution in [3.63, 3.8) is 0 Å². The van der Waals surface area contributed by atoms with E-state index in [-0.39, 0.29) is 11.8 Å². The molecule has 0 aromatic heterocycles. The predicted octanol–water partition coefficient (Wildman–Crippen LogP) is 12.6. The highest BCUT2D eigenvalue weighted by Crippen LogP contribution is 2.54. The molecule has 2 nitrogen and oxygen atoms in total. The first-order chi connectivity index (χ1) is 23.3. The van der Waals surface area contributed by atoms with Crippen molar-refractivity contribution in [3.05, 3.63) is 168 Å². The molecule has 0 spiro atoms. The van der Waals surface area contributed by atoms with E-state index in [1.807, 2.05) is 0 Å². The summed E-state index contributed by atoms with van der Waals surface area (Å²) in [4.78, 5) is 0. The van der Waals surface area contributed by atoms with Crippen molar-refractivity contribution in [1.29, 1.82) is 0 Å². The second-order valence-corrected chi connectivity index (χ2v) is 13.0. The number of hydrogen-bond donors (Lipinski definition) is 0. The van der Waals surface area contributed by atoms with Gasteiger partial charge in [-0.05, 0) is 80.2 Å².